The van der Waals surface area contributed by atoms with E-state index in [2.05, 4.69) is 30.0 Å². The van der Waals surface area contributed by atoms with E-state index in [1.807, 2.05) is 44.2 Å². The lowest BCUT2D eigenvalue weighted by atomic mass is 10.2. The van der Waals surface area contributed by atoms with E-state index >= 15 is 0 Å². The highest BCUT2D eigenvalue weighted by molar-refractivity contribution is 5.82. The Morgan fingerprint density at radius 3 is 2.74 bits per heavy atom. The van der Waals surface area contributed by atoms with Crippen molar-refractivity contribution in [1.29, 1.82) is 0 Å². The molecule has 5 rings (SSSR count). The van der Waals surface area contributed by atoms with Crippen LogP contribution in [0.5, 0.6) is 0 Å². The number of fused-ring (bicyclic) bond motifs is 1. The number of hydrogen-bond acceptors (Lipinski definition) is 8. The van der Waals surface area contributed by atoms with Gasteiger partial charge in [0.2, 0.25) is 11.7 Å². The van der Waals surface area contributed by atoms with Crippen molar-refractivity contribution < 1.29 is 8.94 Å². The Labute approximate surface area is 155 Å². The number of benzene rings is 1. The van der Waals surface area contributed by atoms with Crippen molar-refractivity contribution in [3.05, 3.63) is 47.9 Å². The third-order valence-electron chi connectivity index (χ3n) is 4.74. The number of nitrogens with zero attached hydrogens (tertiary/aromatic N) is 6. The number of hydrogen-bond donors (Lipinski definition) is 0. The number of aryl methyl sites for hydroxylation is 2. The van der Waals surface area contributed by atoms with E-state index in [4.69, 9.17) is 8.94 Å². The van der Waals surface area contributed by atoms with Crippen LogP contribution < -0.4 is 4.90 Å². The number of aromatic nitrogens is 5. The minimum absolute atomic E-state index is 0.0375. The van der Waals surface area contributed by atoms with Crippen LogP contribution in [0.2, 0.25) is 0 Å². The lowest BCUT2D eigenvalue weighted by Crippen LogP contribution is -2.24. The molecule has 136 valence electrons. The number of oxazole rings is 1. The molecule has 1 aromatic carbocycles. The molecule has 8 nitrogen and oxygen atoms in total. The zero-order valence-corrected chi connectivity index (χ0v) is 15.1. The first-order valence-corrected chi connectivity index (χ1v) is 8.96. The Morgan fingerprint density at radius 1 is 1.04 bits per heavy atom. The SMILES string of the molecule is Cc1nc(N2CCC[C@H]2c2nc(-c3ccccc3)no2)c2nc(C)oc2n1. The molecule has 0 radical (unpaired) electrons. The minimum Gasteiger partial charge on any atom is -0.422 e. The largest absolute Gasteiger partial charge is 0.422 e. The number of anilines is 1. The smallest absolute Gasteiger partial charge is 0.252 e. The van der Waals surface area contributed by atoms with Gasteiger partial charge >= 0.3 is 0 Å². The Bertz CT molecular complexity index is 1100. The van der Waals surface area contributed by atoms with Gasteiger partial charge in [0.05, 0.1) is 0 Å². The molecule has 3 aromatic heterocycles. The molecule has 0 bridgehead atoms. The summed E-state index contributed by atoms with van der Waals surface area (Å²) in [7, 11) is 0. The van der Waals surface area contributed by atoms with Gasteiger partial charge in [-0.25, -0.2) is 9.97 Å². The zero-order chi connectivity index (χ0) is 18.4. The van der Waals surface area contributed by atoms with Crippen LogP contribution in [0.3, 0.4) is 0 Å². The Morgan fingerprint density at radius 2 is 1.89 bits per heavy atom. The van der Waals surface area contributed by atoms with E-state index in [0.29, 0.717) is 34.7 Å². The first kappa shape index (κ1) is 15.9. The highest BCUT2D eigenvalue weighted by Gasteiger charge is 2.34. The molecule has 0 aliphatic carbocycles. The average Bonchev–Trinajstić information content (AvgIpc) is 3.40. The van der Waals surface area contributed by atoms with Gasteiger partial charge in [-0.3, -0.25) is 0 Å². The summed E-state index contributed by atoms with van der Waals surface area (Å²) in [5, 5.41) is 4.16. The Balaban J connectivity index is 1.54. The van der Waals surface area contributed by atoms with E-state index in [0.717, 1.165) is 30.8 Å². The summed E-state index contributed by atoms with van der Waals surface area (Å²) in [6.07, 6.45) is 1.92. The molecule has 0 amide bonds. The van der Waals surface area contributed by atoms with Crippen molar-refractivity contribution in [3.8, 4) is 11.4 Å². The fourth-order valence-corrected chi connectivity index (χ4v) is 3.57. The molecular weight excluding hydrogens is 344 g/mol. The molecule has 4 aromatic rings. The first-order valence-electron chi connectivity index (χ1n) is 8.96. The quantitative estimate of drug-likeness (QED) is 0.545. The summed E-state index contributed by atoms with van der Waals surface area (Å²) >= 11 is 0. The molecule has 1 atom stereocenters. The van der Waals surface area contributed by atoms with E-state index in [1.165, 1.54) is 0 Å². The van der Waals surface area contributed by atoms with Gasteiger partial charge in [0, 0.05) is 19.0 Å². The molecule has 0 spiro atoms. The molecule has 1 saturated heterocycles. The van der Waals surface area contributed by atoms with Gasteiger partial charge in [-0.2, -0.15) is 9.97 Å². The third-order valence-corrected chi connectivity index (χ3v) is 4.74. The fraction of sp³-hybridized carbons (Fsp3) is 0.316. The maximum absolute atomic E-state index is 5.61. The summed E-state index contributed by atoms with van der Waals surface area (Å²) in [5.74, 6) is 3.17. The molecule has 0 unspecified atom stereocenters. The second-order valence-corrected chi connectivity index (χ2v) is 6.65. The van der Waals surface area contributed by atoms with Crippen LogP contribution in [-0.4, -0.2) is 31.6 Å². The second kappa shape index (κ2) is 6.15. The van der Waals surface area contributed by atoms with Gasteiger partial charge in [-0.15, -0.1) is 0 Å². The van der Waals surface area contributed by atoms with Gasteiger partial charge in [0.1, 0.15) is 11.9 Å². The van der Waals surface area contributed by atoms with Crippen LogP contribution in [-0.2, 0) is 0 Å². The summed E-state index contributed by atoms with van der Waals surface area (Å²) in [4.78, 5) is 20.3. The average molecular weight is 362 g/mol. The predicted octanol–water partition coefficient (Wildman–Crippen LogP) is 3.63. The van der Waals surface area contributed by atoms with Crippen LogP contribution in [0, 0.1) is 13.8 Å². The van der Waals surface area contributed by atoms with Gasteiger partial charge in [0.15, 0.2) is 17.2 Å². The normalized spacial score (nSPS) is 17.1. The highest BCUT2D eigenvalue weighted by atomic mass is 16.5. The van der Waals surface area contributed by atoms with Gasteiger partial charge in [-0.05, 0) is 19.8 Å². The van der Waals surface area contributed by atoms with Crippen LogP contribution in [0.15, 0.2) is 39.3 Å². The molecule has 27 heavy (non-hydrogen) atoms. The first-order chi connectivity index (χ1) is 13.2. The minimum atomic E-state index is -0.0375. The van der Waals surface area contributed by atoms with Gasteiger partial charge in [0.25, 0.3) is 5.71 Å². The van der Waals surface area contributed by atoms with Crippen molar-refractivity contribution >= 4 is 17.0 Å². The van der Waals surface area contributed by atoms with Crippen molar-refractivity contribution in [2.75, 3.05) is 11.4 Å². The van der Waals surface area contributed by atoms with E-state index < -0.39 is 0 Å². The van der Waals surface area contributed by atoms with Crippen LogP contribution >= 0.6 is 0 Å². The zero-order valence-electron chi connectivity index (χ0n) is 15.1. The standard InChI is InChI=1S/C19H18N6O2/c1-11-20-17(15-19(21-11)26-12(2)22-15)25-10-6-9-14(25)18-23-16(24-27-18)13-7-4-3-5-8-13/h3-5,7-8,14H,6,9-10H2,1-2H3/t14-/m0/s1. The molecule has 1 aliphatic heterocycles. The van der Waals surface area contributed by atoms with E-state index in [-0.39, 0.29) is 6.04 Å². The lowest BCUT2D eigenvalue weighted by Gasteiger charge is -2.22. The maximum atomic E-state index is 5.61. The summed E-state index contributed by atoms with van der Waals surface area (Å²) in [5.41, 5.74) is 2.12. The molecule has 8 heteroatoms. The van der Waals surface area contributed by atoms with Crippen molar-refractivity contribution in [2.24, 2.45) is 0 Å². The van der Waals surface area contributed by atoms with E-state index in [1.54, 1.807) is 0 Å². The van der Waals surface area contributed by atoms with Gasteiger partial charge < -0.3 is 13.8 Å². The topological polar surface area (TPSA) is 94.0 Å². The van der Waals surface area contributed by atoms with Crippen molar-refractivity contribution in [3.63, 3.8) is 0 Å². The summed E-state index contributed by atoms with van der Waals surface area (Å²) < 4.78 is 11.2. The summed E-state index contributed by atoms with van der Waals surface area (Å²) in [6.45, 7) is 4.50. The Kier molecular flexibility index (Phi) is 3.63. The van der Waals surface area contributed by atoms with E-state index in [9.17, 15) is 0 Å². The van der Waals surface area contributed by atoms with Crippen LogP contribution in [0.25, 0.3) is 22.6 Å². The fourth-order valence-electron chi connectivity index (χ4n) is 3.57. The molecular formula is C19H18N6O2. The molecule has 1 fully saturated rings. The lowest BCUT2D eigenvalue weighted by molar-refractivity contribution is 0.355. The highest BCUT2D eigenvalue weighted by Crippen LogP contribution is 2.37. The van der Waals surface area contributed by atoms with Crippen LogP contribution in [0.1, 0.15) is 36.5 Å². The summed E-state index contributed by atoms with van der Waals surface area (Å²) in [6, 6.07) is 9.78. The van der Waals surface area contributed by atoms with Crippen molar-refractivity contribution in [2.45, 2.75) is 32.7 Å². The molecule has 4 heterocycles. The van der Waals surface area contributed by atoms with Gasteiger partial charge in [-0.1, -0.05) is 35.5 Å². The number of rotatable bonds is 3. The molecule has 0 saturated carbocycles. The van der Waals surface area contributed by atoms with Crippen LogP contribution in [0.4, 0.5) is 5.82 Å². The second-order valence-electron chi connectivity index (χ2n) is 6.65. The predicted molar refractivity (Wildman–Crippen MR) is 98.1 cm³/mol. The Hall–Kier alpha value is -3.29. The van der Waals surface area contributed by atoms with Crippen molar-refractivity contribution in [1.82, 2.24) is 25.1 Å². The monoisotopic (exact) mass is 362 g/mol. The molecule has 1 aliphatic rings. The molecule has 0 N–H and O–H groups in total. The third kappa shape index (κ3) is 2.73. The maximum Gasteiger partial charge on any atom is 0.252 e.